The summed E-state index contributed by atoms with van der Waals surface area (Å²) in [5.41, 5.74) is 1.98. The maximum Gasteiger partial charge on any atom is 0.262 e. The van der Waals surface area contributed by atoms with Crippen LogP contribution < -0.4 is 18.9 Å². The molecule has 2 aromatic rings. The molecule has 7 nitrogen and oxygen atoms in total. The van der Waals surface area contributed by atoms with Crippen LogP contribution in [0.2, 0.25) is 0 Å². The number of nitrogens with one attached hydrogen (secondary N) is 1. The van der Waals surface area contributed by atoms with Crippen molar-refractivity contribution in [2.75, 3.05) is 39.1 Å². The molecule has 0 radical (unpaired) electrons. The van der Waals surface area contributed by atoms with Gasteiger partial charge in [0.15, 0.2) is 11.5 Å². The number of benzene rings is 2. The van der Waals surface area contributed by atoms with Crippen LogP contribution >= 0.6 is 0 Å². The molecule has 0 saturated carbocycles. The minimum absolute atomic E-state index is 0.110. The number of likely N-dealkylation sites (tertiary alicyclic amines) is 1. The second kappa shape index (κ2) is 8.51. The molecular weight excluding hydrogens is 392 g/mol. The Labute approximate surface area is 172 Å². The fourth-order valence-corrected chi connectivity index (χ4v) is 4.71. The van der Waals surface area contributed by atoms with E-state index in [2.05, 4.69) is 16.7 Å². The van der Waals surface area contributed by atoms with Gasteiger partial charge in [-0.2, -0.15) is 0 Å². The maximum atomic E-state index is 13.0. The maximum absolute atomic E-state index is 13.0. The first-order chi connectivity index (χ1) is 13.7. The summed E-state index contributed by atoms with van der Waals surface area (Å²) in [5.74, 6) is 1.53. The van der Waals surface area contributed by atoms with Crippen molar-refractivity contribution in [3.8, 4) is 17.2 Å². The van der Waals surface area contributed by atoms with Crippen LogP contribution in [0.25, 0.3) is 0 Å². The first kappa shape index (κ1) is 21.3. The van der Waals surface area contributed by atoms with E-state index in [1.165, 1.54) is 20.3 Å². The SMILES string of the molecule is COc1cc(C)c(S(=O)(=O)Nc2ccc(C)c(O[C@@H]3CCN(C)C3)c2)cc1OC. The predicted octanol–water partition coefficient (Wildman–Crippen LogP) is 3.20. The molecule has 3 rings (SSSR count). The summed E-state index contributed by atoms with van der Waals surface area (Å²) in [6, 6.07) is 8.44. The quantitative estimate of drug-likeness (QED) is 0.741. The van der Waals surface area contributed by atoms with E-state index in [1.807, 2.05) is 13.0 Å². The van der Waals surface area contributed by atoms with E-state index in [0.29, 0.717) is 28.5 Å². The molecule has 8 heteroatoms. The number of aryl methyl sites for hydroxylation is 2. The van der Waals surface area contributed by atoms with Gasteiger partial charge in [-0.05, 0) is 50.6 Å². The minimum Gasteiger partial charge on any atom is -0.493 e. The topological polar surface area (TPSA) is 77.1 Å². The van der Waals surface area contributed by atoms with Gasteiger partial charge < -0.3 is 19.1 Å². The first-order valence-electron chi connectivity index (χ1n) is 9.45. The zero-order valence-electron chi connectivity index (χ0n) is 17.5. The Morgan fingerprint density at radius 2 is 1.69 bits per heavy atom. The van der Waals surface area contributed by atoms with E-state index >= 15 is 0 Å². The molecule has 1 atom stereocenters. The third-order valence-corrected chi connectivity index (χ3v) is 6.58. The lowest BCUT2D eigenvalue weighted by molar-refractivity contribution is 0.207. The van der Waals surface area contributed by atoms with Crippen molar-refractivity contribution >= 4 is 15.7 Å². The van der Waals surface area contributed by atoms with Crippen LogP contribution in [0.1, 0.15) is 17.5 Å². The van der Waals surface area contributed by atoms with Gasteiger partial charge in [0.25, 0.3) is 10.0 Å². The average molecular weight is 421 g/mol. The van der Waals surface area contributed by atoms with Crippen LogP contribution in [-0.2, 0) is 10.0 Å². The zero-order chi connectivity index (χ0) is 21.2. The molecule has 1 saturated heterocycles. The smallest absolute Gasteiger partial charge is 0.262 e. The van der Waals surface area contributed by atoms with E-state index in [4.69, 9.17) is 14.2 Å². The molecule has 0 aliphatic carbocycles. The van der Waals surface area contributed by atoms with Crippen molar-refractivity contribution in [2.45, 2.75) is 31.3 Å². The van der Waals surface area contributed by atoms with Gasteiger partial charge >= 0.3 is 0 Å². The largest absolute Gasteiger partial charge is 0.493 e. The summed E-state index contributed by atoms with van der Waals surface area (Å²) in [5, 5.41) is 0. The fraction of sp³-hybridized carbons (Fsp3) is 0.429. The number of hydrogen-bond donors (Lipinski definition) is 1. The van der Waals surface area contributed by atoms with Crippen LogP contribution in [0, 0.1) is 13.8 Å². The number of methoxy groups -OCH3 is 2. The second-order valence-electron chi connectivity index (χ2n) is 7.35. The molecule has 0 bridgehead atoms. The molecule has 0 unspecified atom stereocenters. The van der Waals surface area contributed by atoms with Crippen molar-refractivity contribution in [3.63, 3.8) is 0 Å². The number of ether oxygens (including phenoxy) is 3. The number of hydrogen-bond acceptors (Lipinski definition) is 6. The highest BCUT2D eigenvalue weighted by Gasteiger charge is 2.23. The van der Waals surface area contributed by atoms with Gasteiger partial charge in [0.2, 0.25) is 0 Å². The van der Waals surface area contributed by atoms with Crippen molar-refractivity contribution in [1.82, 2.24) is 4.90 Å². The Morgan fingerprint density at radius 1 is 1.00 bits per heavy atom. The van der Waals surface area contributed by atoms with Gasteiger partial charge in [-0.1, -0.05) is 6.07 Å². The summed E-state index contributed by atoms with van der Waals surface area (Å²) < 4.78 is 45.3. The van der Waals surface area contributed by atoms with Gasteiger partial charge in [0.05, 0.1) is 24.8 Å². The Kier molecular flexibility index (Phi) is 6.24. The minimum atomic E-state index is -3.82. The number of anilines is 1. The van der Waals surface area contributed by atoms with Gasteiger partial charge in [-0.3, -0.25) is 4.72 Å². The van der Waals surface area contributed by atoms with E-state index in [1.54, 1.807) is 25.1 Å². The van der Waals surface area contributed by atoms with E-state index in [-0.39, 0.29) is 11.0 Å². The van der Waals surface area contributed by atoms with Crippen LogP contribution in [0.5, 0.6) is 17.2 Å². The fourth-order valence-electron chi connectivity index (χ4n) is 3.42. The van der Waals surface area contributed by atoms with Gasteiger partial charge in [-0.25, -0.2) is 8.42 Å². The lowest BCUT2D eigenvalue weighted by atomic mass is 10.2. The Hall–Kier alpha value is -2.45. The van der Waals surface area contributed by atoms with E-state index in [0.717, 1.165) is 25.1 Å². The van der Waals surface area contributed by atoms with E-state index < -0.39 is 10.0 Å². The third kappa shape index (κ3) is 4.76. The second-order valence-corrected chi connectivity index (χ2v) is 9.00. The van der Waals surface area contributed by atoms with Crippen molar-refractivity contribution in [2.24, 2.45) is 0 Å². The molecule has 1 N–H and O–H groups in total. The van der Waals surface area contributed by atoms with Crippen LogP contribution in [-0.4, -0.2) is 53.8 Å². The number of nitrogens with zero attached hydrogens (tertiary/aromatic N) is 1. The van der Waals surface area contributed by atoms with Gasteiger partial charge in [0, 0.05) is 25.2 Å². The van der Waals surface area contributed by atoms with Crippen LogP contribution in [0.15, 0.2) is 35.2 Å². The Morgan fingerprint density at radius 3 is 2.31 bits per heavy atom. The first-order valence-corrected chi connectivity index (χ1v) is 10.9. The lowest BCUT2D eigenvalue weighted by Gasteiger charge is -2.18. The molecule has 0 spiro atoms. The molecule has 1 heterocycles. The lowest BCUT2D eigenvalue weighted by Crippen LogP contribution is -2.22. The van der Waals surface area contributed by atoms with Crippen LogP contribution in [0.4, 0.5) is 5.69 Å². The highest BCUT2D eigenvalue weighted by molar-refractivity contribution is 7.92. The van der Waals surface area contributed by atoms with Crippen molar-refractivity contribution < 1.29 is 22.6 Å². The van der Waals surface area contributed by atoms with Gasteiger partial charge in [-0.15, -0.1) is 0 Å². The summed E-state index contributed by atoms with van der Waals surface area (Å²) >= 11 is 0. The molecule has 1 fully saturated rings. The van der Waals surface area contributed by atoms with Gasteiger partial charge in [0.1, 0.15) is 11.9 Å². The Bertz CT molecular complexity index is 991. The van der Waals surface area contributed by atoms with Crippen molar-refractivity contribution in [1.29, 1.82) is 0 Å². The molecule has 0 amide bonds. The number of rotatable bonds is 7. The molecule has 1 aliphatic heterocycles. The van der Waals surface area contributed by atoms with Crippen molar-refractivity contribution in [3.05, 3.63) is 41.5 Å². The summed E-state index contributed by atoms with van der Waals surface area (Å²) in [4.78, 5) is 2.35. The number of sulfonamides is 1. The third-order valence-electron chi connectivity index (χ3n) is 5.05. The molecule has 0 aromatic heterocycles. The highest BCUT2D eigenvalue weighted by atomic mass is 32.2. The summed E-state index contributed by atoms with van der Waals surface area (Å²) in [6.45, 7) is 5.52. The summed E-state index contributed by atoms with van der Waals surface area (Å²) in [7, 11) is 1.23. The van der Waals surface area contributed by atoms with E-state index in [9.17, 15) is 8.42 Å². The Balaban J connectivity index is 1.86. The summed E-state index contributed by atoms with van der Waals surface area (Å²) in [6.07, 6.45) is 1.06. The monoisotopic (exact) mass is 420 g/mol. The number of likely N-dealkylation sites (N-methyl/N-ethyl adjacent to an activating group) is 1. The van der Waals surface area contributed by atoms with Crippen LogP contribution in [0.3, 0.4) is 0 Å². The molecular formula is C21H28N2O5S. The average Bonchev–Trinajstić information content (AvgIpc) is 3.08. The normalized spacial score (nSPS) is 17.2. The molecule has 1 aliphatic rings. The molecule has 2 aromatic carbocycles. The molecule has 158 valence electrons. The standard InChI is InChI=1S/C21H28N2O5S/c1-14-6-7-16(11-18(14)28-17-8-9-23(3)13-17)22-29(24,25)21-12-20(27-5)19(26-4)10-15(21)2/h6-7,10-12,17,22H,8-9,13H2,1-5H3/t17-/m1/s1. The predicted molar refractivity (Wildman–Crippen MR) is 113 cm³/mol. The molecule has 29 heavy (non-hydrogen) atoms. The highest BCUT2D eigenvalue weighted by Crippen LogP contribution is 2.34. The zero-order valence-corrected chi connectivity index (χ0v) is 18.3.